The van der Waals surface area contributed by atoms with E-state index in [1.165, 1.54) is 49.5 Å². The van der Waals surface area contributed by atoms with Crippen molar-refractivity contribution in [2.45, 2.75) is 38.9 Å². The van der Waals surface area contributed by atoms with Crippen molar-refractivity contribution in [3.8, 4) is 0 Å². The van der Waals surface area contributed by atoms with Gasteiger partial charge in [-0.05, 0) is 42.6 Å². The zero-order chi connectivity index (χ0) is 20.5. The molecule has 1 heterocycles. The Morgan fingerprint density at radius 3 is 2.31 bits per heavy atom. The first-order valence-corrected chi connectivity index (χ1v) is 10.1. The molecule has 154 valence electrons. The van der Waals surface area contributed by atoms with E-state index in [1.54, 1.807) is 19.2 Å². The van der Waals surface area contributed by atoms with E-state index >= 15 is 0 Å². The molecular weight excluding hydrogens is 366 g/mol. The van der Waals surface area contributed by atoms with E-state index in [0.717, 1.165) is 12.1 Å². The third kappa shape index (κ3) is 6.57. The molecule has 0 unspecified atom stereocenters. The van der Waals surface area contributed by atoms with E-state index in [2.05, 4.69) is 44.8 Å². The van der Waals surface area contributed by atoms with Gasteiger partial charge in [-0.1, -0.05) is 42.8 Å². The van der Waals surface area contributed by atoms with E-state index in [1.807, 2.05) is 6.07 Å². The molecule has 0 saturated carbocycles. The van der Waals surface area contributed by atoms with Crippen molar-refractivity contribution in [2.75, 3.05) is 20.1 Å². The van der Waals surface area contributed by atoms with Gasteiger partial charge < -0.3 is 10.6 Å². The summed E-state index contributed by atoms with van der Waals surface area (Å²) in [7, 11) is 1.71. The fourth-order valence-electron chi connectivity index (χ4n) is 3.51. The van der Waals surface area contributed by atoms with Crippen molar-refractivity contribution in [1.82, 2.24) is 15.5 Å². The molecule has 2 aromatic rings. The molecule has 7 heteroatoms. The van der Waals surface area contributed by atoms with Crippen LogP contribution >= 0.6 is 0 Å². The monoisotopic (exact) mass is 395 g/mol. The summed E-state index contributed by atoms with van der Waals surface area (Å²) in [5.41, 5.74) is 3.47. The molecular formula is C22H29N5O2. The zero-order valence-electron chi connectivity index (χ0n) is 16.9. The van der Waals surface area contributed by atoms with E-state index in [4.69, 9.17) is 0 Å². The van der Waals surface area contributed by atoms with Gasteiger partial charge >= 0.3 is 0 Å². The lowest BCUT2D eigenvalue weighted by molar-refractivity contribution is -0.384. The normalized spacial score (nSPS) is 15.1. The number of nitro groups is 1. The topological polar surface area (TPSA) is 82.8 Å². The number of hydrogen-bond donors (Lipinski definition) is 2. The summed E-state index contributed by atoms with van der Waals surface area (Å²) in [4.78, 5) is 17.3. The number of guanidine groups is 1. The van der Waals surface area contributed by atoms with Crippen LogP contribution in [0, 0.1) is 10.1 Å². The smallest absolute Gasteiger partial charge is 0.269 e. The maximum absolute atomic E-state index is 10.9. The molecule has 2 N–H and O–H groups in total. The summed E-state index contributed by atoms with van der Waals surface area (Å²) in [5.74, 6) is 0.661. The van der Waals surface area contributed by atoms with Crippen LogP contribution in [0.5, 0.6) is 0 Å². The van der Waals surface area contributed by atoms with E-state index in [9.17, 15) is 10.1 Å². The largest absolute Gasteiger partial charge is 0.352 e. The second-order valence-corrected chi connectivity index (χ2v) is 7.36. The number of benzene rings is 2. The Morgan fingerprint density at radius 2 is 1.66 bits per heavy atom. The Hall–Kier alpha value is -2.93. The standard InChI is InChI=1S/C22H29N5O2/c1-23-22(25-16-20-6-5-7-21(14-20)27(28)29)24-15-18-8-10-19(11-9-18)17-26-12-3-2-4-13-26/h5-11,14H,2-4,12-13,15-17H2,1H3,(H2,23,24,25). The molecule has 0 aromatic heterocycles. The molecule has 0 radical (unpaired) electrons. The van der Waals surface area contributed by atoms with Crippen LogP contribution in [0.2, 0.25) is 0 Å². The molecule has 0 bridgehead atoms. The summed E-state index contributed by atoms with van der Waals surface area (Å²) in [6, 6.07) is 15.3. The van der Waals surface area contributed by atoms with Gasteiger partial charge in [0.1, 0.15) is 0 Å². The van der Waals surface area contributed by atoms with Crippen LogP contribution in [0.15, 0.2) is 53.5 Å². The zero-order valence-corrected chi connectivity index (χ0v) is 16.9. The van der Waals surface area contributed by atoms with Crippen molar-refractivity contribution in [3.05, 3.63) is 75.3 Å². The first-order chi connectivity index (χ1) is 14.1. The molecule has 0 spiro atoms. The average molecular weight is 396 g/mol. The summed E-state index contributed by atoms with van der Waals surface area (Å²) >= 11 is 0. The van der Waals surface area contributed by atoms with Gasteiger partial charge in [-0.2, -0.15) is 0 Å². The van der Waals surface area contributed by atoms with Crippen LogP contribution in [0.3, 0.4) is 0 Å². The Bertz CT molecular complexity index is 829. The van der Waals surface area contributed by atoms with Gasteiger partial charge in [0, 0.05) is 38.8 Å². The van der Waals surface area contributed by atoms with Gasteiger partial charge in [0.25, 0.3) is 5.69 Å². The number of nitrogens with one attached hydrogen (secondary N) is 2. The Balaban J connectivity index is 1.46. The fourth-order valence-corrected chi connectivity index (χ4v) is 3.51. The molecule has 0 aliphatic carbocycles. The predicted octanol–water partition coefficient (Wildman–Crippen LogP) is 3.45. The summed E-state index contributed by atoms with van der Waals surface area (Å²) in [6.45, 7) is 4.57. The molecule has 0 amide bonds. The maximum Gasteiger partial charge on any atom is 0.269 e. The number of nitro benzene ring substituents is 1. The van der Waals surface area contributed by atoms with Crippen molar-refractivity contribution >= 4 is 11.6 Å². The minimum absolute atomic E-state index is 0.0943. The molecule has 3 rings (SSSR count). The number of hydrogen-bond acceptors (Lipinski definition) is 4. The second-order valence-electron chi connectivity index (χ2n) is 7.36. The summed E-state index contributed by atoms with van der Waals surface area (Å²) in [6.07, 6.45) is 3.98. The molecule has 2 aromatic carbocycles. The molecule has 7 nitrogen and oxygen atoms in total. The number of likely N-dealkylation sites (tertiary alicyclic amines) is 1. The lowest BCUT2D eigenvalue weighted by atomic mass is 10.1. The lowest BCUT2D eigenvalue weighted by Gasteiger charge is -2.26. The van der Waals surface area contributed by atoms with Crippen LogP contribution in [0.25, 0.3) is 0 Å². The van der Waals surface area contributed by atoms with E-state index in [0.29, 0.717) is 19.0 Å². The average Bonchev–Trinajstić information content (AvgIpc) is 2.76. The van der Waals surface area contributed by atoms with E-state index in [-0.39, 0.29) is 10.6 Å². The lowest BCUT2D eigenvalue weighted by Crippen LogP contribution is -2.36. The molecule has 29 heavy (non-hydrogen) atoms. The SMILES string of the molecule is CN=C(NCc1ccc(CN2CCCCC2)cc1)NCc1cccc([N+](=O)[O-])c1. The number of aliphatic imine (C=N–C) groups is 1. The second kappa shape index (κ2) is 10.6. The number of non-ortho nitro benzene ring substituents is 1. The minimum atomic E-state index is -0.383. The fraction of sp³-hybridized carbons (Fsp3) is 0.409. The molecule has 1 fully saturated rings. The van der Waals surface area contributed by atoms with Crippen LogP contribution in [-0.2, 0) is 19.6 Å². The number of piperidine rings is 1. The number of rotatable bonds is 7. The van der Waals surface area contributed by atoms with E-state index < -0.39 is 0 Å². The van der Waals surface area contributed by atoms with Crippen molar-refractivity contribution < 1.29 is 4.92 Å². The third-order valence-electron chi connectivity index (χ3n) is 5.14. The number of nitrogens with zero attached hydrogens (tertiary/aromatic N) is 3. The van der Waals surface area contributed by atoms with Gasteiger partial charge in [-0.15, -0.1) is 0 Å². The summed E-state index contributed by atoms with van der Waals surface area (Å²) < 4.78 is 0. The molecule has 1 aliphatic heterocycles. The van der Waals surface area contributed by atoms with Crippen molar-refractivity contribution in [1.29, 1.82) is 0 Å². The quantitative estimate of drug-likeness (QED) is 0.325. The molecule has 0 atom stereocenters. The van der Waals surface area contributed by atoms with Gasteiger partial charge in [0.05, 0.1) is 4.92 Å². The predicted molar refractivity (Wildman–Crippen MR) is 116 cm³/mol. The van der Waals surface area contributed by atoms with Crippen molar-refractivity contribution in [2.24, 2.45) is 4.99 Å². The van der Waals surface area contributed by atoms with Crippen LogP contribution < -0.4 is 10.6 Å². The van der Waals surface area contributed by atoms with Crippen LogP contribution in [0.4, 0.5) is 5.69 Å². The molecule has 1 saturated heterocycles. The van der Waals surface area contributed by atoms with Crippen molar-refractivity contribution in [3.63, 3.8) is 0 Å². The first-order valence-electron chi connectivity index (χ1n) is 10.1. The third-order valence-corrected chi connectivity index (χ3v) is 5.14. The molecule has 1 aliphatic rings. The summed E-state index contributed by atoms with van der Waals surface area (Å²) in [5, 5.41) is 17.4. The minimum Gasteiger partial charge on any atom is -0.352 e. The van der Waals surface area contributed by atoms with Gasteiger partial charge in [0.2, 0.25) is 0 Å². The van der Waals surface area contributed by atoms with Crippen LogP contribution in [-0.4, -0.2) is 35.9 Å². The highest BCUT2D eigenvalue weighted by atomic mass is 16.6. The first kappa shape index (κ1) is 20.8. The highest BCUT2D eigenvalue weighted by Gasteiger charge is 2.10. The maximum atomic E-state index is 10.9. The van der Waals surface area contributed by atoms with Crippen LogP contribution in [0.1, 0.15) is 36.0 Å². The Kier molecular flexibility index (Phi) is 7.58. The highest BCUT2D eigenvalue weighted by Crippen LogP contribution is 2.14. The Labute approximate surface area is 172 Å². The van der Waals surface area contributed by atoms with Gasteiger partial charge in [-0.3, -0.25) is 20.0 Å². The highest BCUT2D eigenvalue weighted by molar-refractivity contribution is 5.79. The van der Waals surface area contributed by atoms with Gasteiger partial charge in [-0.25, -0.2) is 0 Å². The van der Waals surface area contributed by atoms with Gasteiger partial charge in [0.15, 0.2) is 5.96 Å². The Morgan fingerprint density at radius 1 is 1.00 bits per heavy atom.